The van der Waals surface area contributed by atoms with Crippen molar-refractivity contribution in [2.45, 2.75) is 6.42 Å². The zero-order chi connectivity index (χ0) is 13.7. The minimum Gasteiger partial charge on any atom is -0.465 e. The third kappa shape index (κ3) is 2.97. The van der Waals surface area contributed by atoms with Gasteiger partial charge in [0.2, 0.25) is 5.89 Å². The molecule has 0 spiro atoms. The van der Waals surface area contributed by atoms with Gasteiger partial charge in [0.15, 0.2) is 6.33 Å². The van der Waals surface area contributed by atoms with E-state index < -0.39 is 5.97 Å². The normalized spacial score (nSPS) is 10.2. The van der Waals surface area contributed by atoms with Crippen LogP contribution in [-0.4, -0.2) is 34.7 Å². The molecular weight excluding hydrogens is 250 g/mol. The van der Waals surface area contributed by atoms with Crippen molar-refractivity contribution in [1.82, 2.24) is 15.1 Å². The van der Waals surface area contributed by atoms with Crippen LogP contribution >= 0.6 is 0 Å². The maximum absolute atomic E-state index is 11.5. The molecule has 0 saturated heterocycles. The fourth-order valence-electron chi connectivity index (χ4n) is 1.50. The summed E-state index contributed by atoms with van der Waals surface area (Å²) in [6.07, 6.45) is 3.35. The molecule has 19 heavy (non-hydrogen) atoms. The standard InChI is InChI=1S/C11H13N5O3/c1-18-11(17)7-2-4-13-10(9(7)12)14-5-3-8-15-6-16-19-8/h2,4,6H,3,5,12H2,1H3,(H,13,14). The van der Waals surface area contributed by atoms with Crippen molar-refractivity contribution in [3.63, 3.8) is 0 Å². The molecule has 0 aliphatic rings. The van der Waals surface area contributed by atoms with E-state index in [1.54, 1.807) is 0 Å². The van der Waals surface area contributed by atoms with Crippen molar-refractivity contribution in [2.75, 3.05) is 24.7 Å². The highest BCUT2D eigenvalue weighted by molar-refractivity contribution is 5.97. The van der Waals surface area contributed by atoms with E-state index in [9.17, 15) is 4.79 Å². The number of nitrogen functional groups attached to an aromatic ring is 1. The van der Waals surface area contributed by atoms with E-state index in [4.69, 9.17) is 10.3 Å². The van der Waals surface area contributed by atoms with Gasteiger partial charge in [-0.3, -0.25) is 0 Å². The molecular formula is C11H13N5O3. The minimum absolute atomic E-state index is 0.250. The van der Waals surface area contributed by atoms with Crippen molar-refractivity contribution in [3.05, 3.63) is 30.0 Å². The van der Waals surface area contributed by atoms with Crippen LogP contribution in [0.5, 0.6) is 0 Å². The molecule has 0 atom stereocenters. The smallest absolute Gasteiger partial charge is 0.340 e. The predicted molar refractivity (Wildman–Crippen MR) is 66.5 cm³/mol. The first kappa shape index (κ1) is 12.8. The summed E-state index contributed by atoms with van der Waals surface area (Å²) in [7, 11) is 1.30. The summed E-state index contributed by atoms with van der Waals surface area (Å²) >= 11 is 0. The Hall–Kier alpha value is -2.64. The molecule has 0 unspecified atom stereocenters. The number of pyridine rings is 1. The van der Waals surface area contributed by atoms with E-state index in [2.05, 4.69) is 25.2 Å². The molecule has 2 aromatic heterocycles. The number of nitrogens with one attached hydrogen (secondary N) is 1. The van der Waals surface area contributed by atoms with Crippen molar-refractivity contribution in [1.29, 1.82) is 0 Å². The summed E-state index contributed by atoms with van der Waals surface area (Å²) in [6, 6.07) is 1.50. The number of ether oxygens (including phenoxy) is 1. The van der Waals surface area contributed by atoms with Crippen molar-refractivity contribution < 1.29 is 14.1 Å². The van der Waals surface area contributed by atoms with Crippen molar-refractivity contribution in [3.8, 4) is 0 Å². The quantitative estimate of drug-likeness (QED) is 0.748. The minimum atomic E-state index is -0.500. The maximum atomic E-state index is 11.5. The molecule has 0 fully saturated rings. The van der Waals surface area contributed by atoms with Gasteiger partial charge in [0.1, 0.15) is 5.82 Å². The SMILES string of the molecule is COC(=O)c1ccnc(NCCc2ncno2)c1N. The highest BCUT2D eigenvalue weighted by Crippen LogP contribution is 2.20. The topological polar surface area (TPSA) is 116 Å². The van der Waals surface area contributed by atoms with E-state index in [-0.39, 0.29) is 11.3 Å². The molecule has 100 valence electrons. The number of anilines is 2. The van der Waals surface area contributed by atoms with Crippen LogP contribution in [0.3, 0.4) is 0 Å². The second-order valence-electron chi connectivity index (χ2n) is 3.62. The molecule has 0 aliphatic carbocycles. The number of methoxy groups -OCH3 is 1. The lowest BCUT2D eigenvalue weighted by molar-refractivity contribution is 0.0602. The molecule has 2 heterocycles. The number of aromatic nitrogens is 3. The number of hydrogen-bond acceptors (Lipinski definition) is 8. The molecule has 0 amide bonds. The van der Waals surface area contributed by atoms with Gasteiger partial charge in [0.05, 0.1) is 18.4 Å². The third-order valence-electron chi connectivity index (χ3n) is 2.43. The van der Waals surface area contributed by atoms with Gasteiger partial charge in [-0.25, -0.2) is 9.78 Å². The monoisotopic (exact) mass is 263 g/mol. The predicted octanol–water partition coefficient (Wildman–Crippen LogP) is 0.488. The lowest BCUT2D eigenvalue weighted by atomic mass is 10.2. The first-order chi connectivity index (χ1) is 9.22. The zero-order valence-electron chi connectivity index (χ0n) is 10.3. The average molecular weight is 263 g/mol. The van der Waals surface area contributed by atoms with Gasteiger partial charge < -0.3 is 20.3 Å². The highest BCUT2D eigenvalue weighted by atomic mass is 16.5. The summed E-state index contributed by atoms with van der Waals surface area (Å²) < 4.78 is 9.48. The summed E-state index contributed by atoms with van der Waals surface area (Å²) in [5.41, 5.74) is 6.37. The number of carbonyl (C=O) groups is 1. The number of hydrogen-bond donors (Lipinski definition) is 2. The van der Waals surface area contributed by atoms with E-state index in [0.717, 1.165) is 0 Å². The molecule has 3 N–H and O–H groups in total. The maximum Gasteiger partial charge on any atom is 0.340 e. The Morgan fingerprint density at radius 2 is 2.37 bits per heavy atom. The Kier molecular flexibility index (Phi) is 3.91. The molecule has 8 nitrogen and oxygen atoms in total. The lowest BCUT2D eigenvalue weighted by Gasteiger charge is -2.09. The second kappa shape index (κ2) is 5.80. The number of rotatable bonds is 5. The average Bonchev–Trinajstić information content (AvgIpc) is 2.93. The van der Waals surface area contributed by atoms with Crippen LogP contribution < -0.4 is 11.1 Å². The molecule has 0 radical (unpaired) electrons. The first-order valence-electron chi connectivity index (χ1n) is 5.54. The summed E-state index contributed by atoms with van der Waals surface area (Å²) in [5.74, 6) is 0.428. The fraction of sp³-hybridized carbons (Fsp3) is 0.273. The summed E-state index contributed by atoms with van der Waals surface area (Å²) in [6.45, 7) is 0.504. The molecule has 2 rings (SSSR count). The largest absolute Gasteiger partial charge is 0.465 e. The highest BCUT2D eigenvalue weighted by Gasteiger charge is 2.13. The van der Waals surface area contributed by atoms with Gasteiger partial charge in [-0.1, -0.05) is 5.16 Å². The zero-order valence-corrected chi connectivity index (χ0v) is 10.3. The van der Waals surface area contributed by atoms with Gasteiger partial charge in [-0.05, 0) is 6.07 Å². The Morgan fingerprint density at radius 3 is 3.05 bits per heavy atom. The molecule has 8 heteroatoms. The summed E-state index contributed by atoms with van der Waals surface area (Å²) in [4.78, 5) is 19.4. The molecule has 0 bridgehead atoms. The number of nitrogens with two attached hydrogens (primary N) is 1. The fourth-order valence-corrected chi connectivity index (χ4v) is 1.50. The van der Waals surface area contributed by atoms with Gasteiger partial charge in [-0.15, -0.1) is 0 Å². The number of esters is 1. The van der Waals surface area contributed by atoms with E-state index in [1.165, 1.54) is 25.7 Å². The summed E-state index contributed by atoms with van der Waals surface area (Å²) in [5, 5.41) is 6.50. The molecule has 2 aromatic rings. The van der Waals surface area contributed by atoms with Crippen LogP contribution in [-0.2, 0) is 11.2 Å². The van der Waals surface area contributed by atoms with Gasteiger partial charge in [0, 0.05) is 19.2 Å². The van der Waals surface area contributed by atoms with Crippen LogP contribution in [0.2, 0.25) is 0 Å². The third-order valence-corrected chi connectivity index (χ3v) is 2.43. The second-order valence-corrected chi connectivity index (χ2v) is 3.62. The Bertz CT molecular complexity index is 555. The van der Waals surface area contributed by atoms with Crippen LogP contribution in [0, 0.1) is 0 Å². The van der Waals surface area contributed by atoms with Crippen LogP contribution in [0.4, 0.5) is 11.5 Å². The van der Waals surface area contributed by atoms with E-state index in [1.807, 2.05) is 0 Å². The Morgan fingerprint density at radius 1 is 1.53 bits per heavy atom. The molecule has 0 saturated carbocycles. The van der Waals surface area contributed by atoms with Gasteiger partial charge >= 0.3 is 5.97 Å². The van der Waals surface area contributed by atoms with Crippen LogP contribution in [0.1, 0.15) is 16.2 Å². The number of carbonyl (C=O) groups excluding carboxylic acids is 1. The van der Waals surface area contributed by atoms with Gasteiger partial charge in [-0.2, -0.15) is 4.98 Å². The Balaban J connectivity index is 2.02. The molecule has 0 aliphatic heterocycles. The van der Waals surface area contributed by atoms with Crippen molar-refractivity contribution >= 4 is 17.5 Å². The van der Waals surface area contributed by atoms with Gasteiger partial charge in [0.25, 0.3) is 0 Å². The van der Waals surface area contributed by atoms with E-state index >= 15 is 0 Å². The first-order valence-corrected chi connectivity index (χ1v) is 5.54. The Labute approximate surface area is 109 Å². The van der Waals surface area contributed by atoms with E-state index in [0.29, 0.717) is 24.7 Å². The molecule has 0 aromatic carbocycles. The lowest BCUT2D eigenvalue weighted by Crippen LogP contribution is -2.12. The number of nitrogens with zero attached hydrogens (tertiary/aromatic N) is 3. The van der Waals surface area contributed by atoms with Crippen LogP contribution in [0.25, 0.3) is 0 Å². The van der Waals surface area contributed by atoms with Crippen LogP contribution in [0.15, 0.2) is 23.1 Å². The van der Waals surface area contributed by atoms with Crippen molar-refractivity contribution in [2.24, 2.45) is 0 Å².